The lowest BCUT2D eigenvalue weighted by molar-refractivity contribution is 0.0816. The highest BCUT2D eigenvalue weighted by Crippen LogP contribution is 2.28. The maximum absolute atomic E-state index is 5.47. The van der Waals surface area contributed by atoms with E-state index in [4.69, 9.17) is 4.74 Å². The van der Waals surface area contributed by atoms with E-state index >= 15 is 0 Å². The molecule has 0 radical (unpaired) electrons. The maximum atomic E-state index is 5.47. The zero-order valence-electron chi connectivity index (χ0n) is 12.9. The monoisotopic (exact) mass is 278 g/mol. The number of anilines is 1. The first kappa shape index (κ1) is 13.9. The quantitative estimate of drug-likeness (QED) is 0.888. The van der Waals surface area contributed by atoms with E-state index in [1.165, 1.54) is 24.2 Å². The van der Waals surface area contributed by atoms with Crippen LogP contribution in [-0.2, 0) is 18.3 Å². The molecule has 0 amide bonds. The van der Waals surface area contributed by atoms with Crippen molar-refractivity contribution in [1.29, 1.82) is 0 Å². The Hall–Kier alpha value is -1.07. The maximum Gasteiger partial charge on any atom is 0.131 e. The second-order valence-electron chi connectivity index (χ2n) is 6.09. The van der Waals surface area contributed by atoms with E-state index in [9.17, 15) is 0 Å². The predicted molar refractivity (Wildman–Crippen MR) is 80.1 cm³/mol. The fourth-order valence-electron chi connectivity index (χ4n) is 3.13. The molecule has 1 aromatic rings. The molecule has 1 N–H and O–H groups in total. The standard InChI is InChI=1S/C15H26N4O/c1-11-14(10-16-12-4-5-12)15(18(2)17-11)19-8-6-13(20-3)7-9-19/h12-13,16H,4-10H2,1-3H3. The van der Waals surface area contributed by atoms with Crippen molar-refractivity contribution in [2.45, 2.75) is 51.3 Å². The zero-order chi connectivity index (χ0) is 14.1. The second kappa shape index (κ2) is 5.74. The first-order valence-corrected chi connectivity index (χ1v) is 7.72. The molecule has 2 heterocycles. The lowest BCUT2D eigenvalue weighted by Gasteiger charge is -2.33. The molecule has 0 aromatic carbocycles. The van der Waals surface area contributed by atoms with Gasteiger partial charge in [-0.1, -0.05) is 0 Å². The third-order valence-electron chi connectivity index (χ3n) is 4.53. The molecule has 0 spiro atoms. The minimum absolute atomic E-state index is 0.425. The van der Waals surface area contributed by atoms with Crippen LogP contribution in [0.5, 0.6) is 0 Å². The van der Waals surface area contributed by atoms with Crippen molar-refractivity contribution in [3.05, 3.63) is 11.3 Å². The summed E-state index contributed by atoms with van der Waals surface area (Å²) in [5.74, 6) is 1.30. The number of aryl methyl sites for hydroxylation is 2. The number of nitrogens with one attached hydrogen (secondary N) is 1. The van der Waals surface area contributed by atoms with Gasteiger partial charge in [-0.3, -0.25) is 4.68 Å². The van der Waals surface area contributed by atoms with Crippen LogP contribution in [-0.4, -0.2) is 42.1 Å². The average molecular weight is 278 g/mol. The summed E-state index contributed by atoms with van der Waals surface area (Å²) in [4.78, 5) is 2.47. The van der Waals surface area contributed by atoms with E-state index < -0.39 is 0 Å². The van der Waals surface area contributed by atoms with Gasteiger partial charge in [-0.15, -0.1) is 0 Å². The Labute approximate surface area is 121 Å². The molecule has 5 nitrogen and oxygen atoms in total. The van der Waals surface area contributed by atoms with Gasteiger partial charge >= 0.3 is 0 Å². The van der Waals surface area contributed by atoms with Gasteiger partial charge in [-0.05, 0) is 32.6 Å². The van der Waals surface area contributed by atoms with Crippen molar-refractivity contribution < 1.29 is 4.74 Å². The highest BCUT2D eigenvalue weighted by Gasteiger charge is 2.26. The molecule has 20 heavy (non-hydrogen) atoms. The van der Waals surface area contributed by atoms with E-state index in [-0.39, 0.29) is 0 Å². The molecule has 0 atom stereocenters. The minimum Gasteiger partial charge on any atom is -0.381 e. The summed E-state index contributed by atoms with van der Waals surface area (Å²) >= 11 is 0. The first-order valence-electron chi connectivity index (χ1n) is 7.72. The summed E-state index contributed by atoms with van der Waals surface area (Å²) < 4.78 is 7.51. The number of hydrogen-bond donors (Lipinski definition) is 1. The first-order chi connectivity index (χ1) is 9.69. The van der Waals surface area contributed by atoms with Crippen molar-refractivity contribution in [1.82, 2.24) is 15.1 Å². The van der Waals surface area contributed by atoms with Gasteiger partial charge in [-0.2, -0.15) is 5.10 Å². The molecule has 0 bridgehead atoms. The second-order valence-corrected chi connectivity index (χ2v) is 6.09. The minimum atomic E-state index is 0.425. The lowest BCUT2D eigenvalue weighted by atomic mass is 10.1. The zero-order valence-corrected chi connectivity index (χ0v) is 12.9. The normalized spacial score (nSPS) is 20.6. The van der Waals surface area contributed by atoms with Crippen molar-refractivity contribution in [2.75, 3.05) is 25.1 Å². The predicted octanol–water partition coefficient (Wildman–Crippen LogP) is 1.60. The molecule has 112 valence electrons. The number of piperidine rings is 1. The fraction of sp³-hybridized carbons (Fsp3) is 0.800. The molecule has 2 fully saturated rings. The van der Waals surface area contributed by atoms with E-state index in [1.54, 1.807) is 0 Å². The summed E-state index contributed by atoms with van der Waals surface area (Å²) in [7, 11) is 3.88. The summed E-state index contributed by atoms with van der Waals surface area (Å²) in [6.45, 7) is 5.20. The summed E-state index contributed by atoms with van der Waals surface area (Å²) in [6.07, 6.45) is 5.29. The van der Waals surface area contributed by atoms with Gasteiger partial charge in [0, 0.05) is 45.4 Å². The summed E-state index contributed by atoms with van der Waals surface area (Å²) in [5, 5.41) is 8.25. The Kier molecular flexibility index (Phi) is 3.98. The van der Waals surface area contributed by atoms with E-state index in [1.807, 2.05) is 11.8 Å². The van der Waals surface area contributed by atoms with Gasteiger partial charge in [0.25, 0.3) is 0 Å². The van der Waals surface area contributed by atoms with Crippen molar-refractivity contribution in [2.24, 2.45) is 7.05 Å². The Morgan fingerprint density at radius 2 is 1.95 bits per heavy atom. The summed E-state index contributed by atoms with van der Waals surface area (Å²) in [5.41, 5.74) is 2.53. The topological polar surface area (TPSA) is 42.3 Å². The Morgan fingerprint density at radius 1 is 1.25 bits per heavy atom. The molecule has 0 unspecified atom stereocenters. The molecule has 1 aliphatic heterocycles. The van der Waals surface area contributed by atoms with Gasteiger partial charge in [-0.25, -0.2) is 0 Å². The van der Waals surface area contributed by atoms with Crippen LogP contribution in [0.3, 0.4) is 0 Å². The molecule has 5 heteroatoms. The van der Waals surface area contributed by atoms with E-state index in [0.29, 0.717) is 6.10 Å². The average Bonchev–Trinajstić information content (AvgIpc) is 3.23. The third-order valence-corrected chi connectivity index (χ3v) is 4.53. The van der Waals surface area contributed by atoms with Crippen LogP contribution in [0.15, 0.2) is 0 Å². The number of hydrogen-bond acceptors (Lipinski definition) is 4. The van der Waals surface area contributed by atoms with Crippen LogP contribution in [0, 0.1) is 6.92 Å². The number of aromatic nitrogens is 2. The van der Waals surface area contributed by atoms with Crippen LogP contribution in [0.4, 0.5) is 5.82 Å². The highest BCUT2D eigenvalue weighted by atomic mass is 16.5. The molecule has 1 aromatic heterocycles. The smallest absolute Gasteiger partial charge is 0.131 e. The number of ether oxygens (including phenoxy) is 1. The SMILES string of the molecule is COC1CCN(c2c(CNC3CC3)c(C)nn2C)CC1. The Morgan fingerprint density at radius 3 is 2.55 bits per heavy atom. The van der Waals surface area contributed by atoms with Crippen molar-refractivity contribution >= 4 is 5.82 Å². The molecule has 1 saturated heterocycles. The molecule has 1 saturated carbocycles. The largest absolute Gasteiger partial charge is 0.381 e. The molecular formula is C15H26N4O. The fourth-order valence-corrected chi connectivity index (χ4v) is 3.13. The lowest BCUT2D eigenvalue weighted by Crippen LogP contribution is -2.38. The van der Waals surface area contributed by atoms with Crippen LogP contribution in [0.1, 0.15) is 36.9 Å². The van der Waals surface area contributed by atoms with Crippen LogP contribution in [0.2, 0.25) is 0 Å². The Bertz CT molecular complexity index is 459. The number of methoxy groups -OCH3 is 1. The van der Waals surface area contributed by atoms with E-state index in [0.717, 1.165) is 44.2 Å². The van der Waals surface area contributed by atoms with Gasteiger partial charge in [0.15, 0.2) is 0 Å². The van der Waals surface area contributed by atoms with Gasteiger partial charge in [0.05, 0.1) is 11.8 Å². The third kappa shape index (κ3) is 2.83. The summed E-state index contributed by atoms with van der Waals surface area (Å²) in [6, 6.07) is 0.738. The van der Waals surface area contributed by atoms with Gasteiger partial charge in [0.1, 0.15) is 5.82 Å². The molecule has 2 aliphatic rings. The van der Waals surface area contributed by atoms with Gasteiger partial charge < -0.3 is 15.0 Å². The van der Waals surface area contributed by atoms with Crippen molar-refractivity contribution in [3.63, 3.8) is 0 Å². The van der Waals surface area contributed by atoms with Gasteiger partial charge in [0.2, 0.25) is 0 Å². The van der Waals surface area contributed by atoms with E-state index in [2.05, 4.69) is 29.3 Å². The highest BCUT2D eigenvalue weighted by molar-refractivity contribution is 5.50. The van der Waals surface area contributed by atoms with Crippen molar-refractivity contribution in [3.8, 4) is 0 Å². The van der Waals surface area contributed by atoms with Crippen LogP contribution < -0.4 is 10.2 Å². The molecule has 1 aliphatic carbocycles. The molecule has 3 rings (SSSR count). The van der Waals surface area contributed by atoms with Crippen LogP contribution in [0.25, 0.3) is 0 Å². The number of nitrogens with zero attached hydrogens (tertiary/aromatic N) is 3. The number of rotatable bonds is 5. The van der Waals surface area contributed by atoms with Crippen LogP contribution >= 0.6 is 0 Å². The Balaban J connectivity index is 1.73. The molecular weight excluding hydrogens is 252 g/mol.